The van der Waals surface area contributed by atoms with Crippen molar-refractivity contribution in [2.45, 2.75) is 12.6 Å². The number of rotatable bonds is 1. The van der Waals surface area contributed by atoms with E-state index in [1.807, 2.05) is 0 Å². The minimum Gasteiger partial charge on any atom is -0.347 e. The van der Waals surface area contributed by atoms with Crippen LogP contribution in [-0.4, -0.2) is 24.9 Å². The number of nitrogens with one attached hydrogen (secondary N) is 1. The molecule has 1 N–H and O–H groups in total. The second-order valence-electron chi connectivity index (χ2n) is 4.12. The van der Waals surface area contributed by atoms with E-state index in [-0.39, 0.29) is 31.1 Å². The maximum Gasteiger partial charge on any atom is 0.416 e. The average Bonchev–Trinajstić information content (AvgIpc) is 2.51. The summed E-state index contributed by atoms with van der Waals surface area (Å²) < 4.78 is 37.8. The first-order valence-corrected chi connectivity index (χ1v) is 5.62. The fourth-order valence-corrected chi connectivity index (χ4v) is 1.82. The van der Waals surface area contributed by atoms with Gasteiger partial charge in [-0.15, -0.1) is 0 Å². The standard InChI is InChI=1S/C12H11F3N2O2/c13-12(14,15)8-2-1-3-9(6-8)17-5-4-10(18)16-7-11(17)19/h1-3,6H,4-5,7H2,(H,16,18). The lowest BCUT2D eigenvalue weighted by Gasteiger charge is -2.21. The number of amides is 2. The molecular weight excluding hydrogens is 261 g/mol. The summed E-state index contributed by atoms with van der Waals surface area (Å²) in [4.78, 5) is 24.1. The van der Waals surface area contributed by atoms with Crippen LogP contribution < -0.4 is 10.2 Å². The highest BCUT2D eigenvalue weighted by Crippen LogP contribution is 2.31. The Morgan fingerprint density at radius 3 is 2.63 bits per heavy atom. The Morgan fingerprint density at radius 1 is 1.21 bits per heavy atom. The molecule has 1 aliphatic heterocycles. The minimum atomic E-state index is -4.46. The van der Waals surface area contributed by atoms with Crippen LogP contribution in [0.25, 0.3) is 0 Å². The molecule has 4 nitrogen and oxygen atoms in total. The topological polar surface area (TPSA) is 49.4 Å². The number of hydrogen-bond donors (Lipinski definition) is 1. The highest BCUT2D eigenvalue weighted by Gasteiger charge is 2.31. The van der Waals surface area contributed by atoms with E-state index in [1.54, 1.807) is 0 Å². The van der Waals surface area contributed by atoms with Crippen LogP contribution in [0.3, 0.4) is 0 Å². The van der Waals surface area contributed by atoms with Gasteiger partial charge < -0.3 is 10.2 Å². The molecule has 0 spiro atoms. The van der Waals surface area contributed by atoms with Crippen molar-refractivity contribution in [1.29, 1.82) is 0 Å². The van der Waals surface area contributed by atoms with Gasteiger partial charge in [0.25, 0.3) is 0 Å². The van der Waals surface area contributed by atoms with E-state index in [0.29, 0.717) is 0 Å². The molecule has 19 heavy (non-hydrogen) atoms. The van der Waals surface area contributed by atoms with E-state index in [2.05, 4.69) is 5.32 Å². The van der Waals surface area contributed by atoms with Gasteiger partial charge in [0.15, 0.2) is 0 Å². The second kappa shape index (κ2) is 4.91. The van der Waals surface area contributed by atoms with Gasteiger partial charge >= 0.3 is 6.18 Å². The van der Waals surface area contributed by atoms with E-state index in [4.69, 9.17) is 0 Å². The van der Waals surface area contributed by atoms with Crippen LogP contribution in [0.1, 0.15) is 12.0 Å². The lowest BCUT2D eigenvalue weighted by atomic mass is 10.1. The zero-order chi connectivity index (χ0) is 14.0. The van der Waals surface area contributed by atoms with Crippen molar-refractivity contribution >= 4 is 17.5 Å². The molecule has 1 aromatic rings. The van der Waals surface area contributed by atoms with Gasteiger partial charge in [0.2, 0.25) is 11.8 Å². The van der Waals surface area contributed by atoms with Crippen LogP contribution in [-0.2, 0) is 15.8 Å². The molecule has 0 unspecified atom stereocenters. The van der Waals surface area contributed by atoms with Crippen LogP contribution in [0, 0.1) is 0 Å². The van der Waals surface area contributed by atoms with Gasteiger partial charge in [0.1, 0.15) is 0 Å². The Bertz CT molecular complexity index is 514. The maximum absolute atomic E-state index is 12.6. The van der Waals surface area contributed by atoms with Crippen molar-refractivity contribution in [3.05, 3.63) is 29.8 Å². The van der Waals surface area contributed by atoms with Crippen molar-refractivity contribution in [2.75, 3.05) is 18.0 Å². The molecule has 0 aromatic heterocycles. The van der Waals surface area contributed by atoms with Crippen LogP contribution >= 0.6 is 0 Å². The number of carbonyl (C=O) groups is 2. The quantitative estimate of drug-likeness (QED) is 0.843. The minimum absolute atomic E-state index is 0.0714. The molecule has 1 aromatic carbocycles. The molecule has 1 fully saturated rings. The van der Waals surface area contributed by atoms with E-state index in [0.717, 1.165) is 12.1 Å². The van der Waals surface area contributed by atoms with E-state index < -0.39 is 17.6 Å². The number of anilines is 1. The molecule has 1 aliphatic rings. The Morgan fingerprint density at radius 2 is 1.95 bits per heavy atom. The average molecular weight is 272 g/mol. The summed E-state index contributed by atoms with van der Waals surface area (Å²) in [6.07, 6.45) is -4.39. The monoisotopic (exact) mass is 272 g/mol. The molecule has 0 aliphatic carbocycles. The van der Waals surface area contributed by atoms with Crippen molar-refractivity contribution in [3.63, 3.8) is 0 Å². The Labute approximate surface area is 107 Å². The van der Waals surface area contributed by atoms with Gasteiger partial charge in [0.05, 0.1) is 12.1 Å². The Balaban J connectivity index is 2.30. The molecule has 7 heteroatoms. The van der Waals surface area contributed by atoms with E-state index in [9.17, 15) is 22.8 Å². The lowest BCUT2D eigenvalue weighted by molar-refractivity contribution is -0.137. The summed E-state index contributed by atoms with van der Waals surface area (Å²) in [6.45, 7) is -0.124. The number of nitrogens with zero attached hydrogens (tertiary/aromatic N) is 1. The largest absolute Gasteiger partial charge is 0.416 e. The summed E-state index contributed by atoms with van der Waals surface area (Å²) in [5.74, 6) is -0.715. The molecule has 0 saturated carbocycles. The van der Waals surface area contributed by atoms with Crippen LogP contribution in [0.15, 0.2) is 24.3 Å². The van der Waals surface area contributed by atoms with Crippen molar-refractivity contribution < 1.29 is 22.8 Å². The summed E-state index contributed by atoms with van der Waals surface area (Å²) >= 11 is 0. The molecular formula is C12H11F3N2O2. The van der Waals surface area contributed by atoms with Crippen LogP contribution in [0.2, 0.25) is 0 Å². The lowest BCUT2D eigenvalue weighted by Crippen LogP contribution is -2.35. The second-order valence-corrected chi connectivity index (χ2v) is 4.12. The molecule has 0 atom stereocenters. The van der Waals surface area contributed by atoms with Gasteiger partial charge in [-0.2, -0.15) is 13.2 Å². The fraction of sp³-hybridized carbons (Fsp3) is 0.333. The van der Waals surface area contributed by atoms with Crippen molar-refractivity contribution in [1.82, 2.24) is 5.32 Å². The zero-order valence-corrected chi connectivity index (χ0v) is 9.83. The van der Waals surface area contributed by atoms with E-state index >= 15 is 0 Å². The maximum atomic E-state index is 12.6. The number of halogens is 3. The molecule has 2 rings (SSSR count). The van der Waals surface area contributed by atoms with Gasteiger partial charge in [-0.25, -0.2) is 0 Å². The number of carbonyl (C=O) groups excluding carboxylic acids is 2. The number of alkyl halides is 3. The predicted octanol–water partition coefficient (Wildman–Crippen LogP) is 1.56. The Hall–Kier alpha value is -2.05. The number of hydrogen-bond acceptors (Lipinski definition) is 2. The molecule has 1 heterocycles. The van der Waals surface area contributed by atoms with E-state index in [1.165, 1.54) is 17.0 Å². The van der Waals surface area contributed by atoms with Gasteiger partial charge in [-0.3, -0.25) is 9.59 Å². The van der Waals surface area contributed by atoms with Crippen molar-refractivity contribution in [3.8, 4) is 0 Å². The summed E-state index contributed by atoms with van der Waals surface area (Å²) in [6, 6.07) is 4.51. The predicted molar refractivity (Wildman–Crippen MR) is 61.4 cm³/mol. The molecule has 102 valence electrons. The normalized spacial score (nSPS) is 17.1. The smallest absolute Gasteiger partial charge is 0.347 e. The van der Waals surface area contributed by atoms with Crippen LogP contribution in [0.4, 0.5) is 18.9 Å². The van der Waals surface area contributed by atoms with Crippen LogP contribution in [0.5, 0.6) is 0 Å². The summed E-state index contributed by atoms with van der Waals surface area (Å²) in [5.41, 5.74) is -0.669. The fourth-order valence-electron chi connectivity index (χ4n) is 1.82. The van der Waals surface area contributed by atoms with Gasteiger partial charge in [-0.05, 0) is 18.2 Å². The first-order chi connectivity index (χ1) is 8.88. The first-order valence-electron chi connectivity index (χ1n) is 5.62. The van der Waals surface area contributed by atoms with Gasteiger partial charge in [0, 0.05) is 18.7 Å². The molecule has 1 saturated heterocycles. The first kappa shape index (κ1) is 13.4. The third-order valence-electron chi connectivity index (χ3n) is 2.79. The Kier molecular flexibility index (Phi) is 3.46. The molecule has 2 amide bonds. The summed E-state index contributed by atoms with van der Waals surface area (Å²) in [7, 11) is 0. The summed E-state index contributed by atoms with van der Waals surface area (Å²) in [5, 5.41) is 2.39. The van der Waals surface area contributed by atoms with Gasteiger partial charge in [-0.1, -0.05) is 6.07 Å². The number of benzene rings is 1. The molecule has 0 bridgehead atoms. The third kappa shape index (κ3) is 3.04. The highest BCUT2D eigenvalue weighted by molar-refractivity contribution is 5.98. The van der Waals surface area contributed by atoms with Crippen molar-refractivity contribution in [2.24, 2.45) is 0 Å². The zero-order valence-electron chi connectivity index (χ0n) is 9.83. The highest BCUT2D eigenvalue weighted by atomic mass is 19.4. The SMILES string of the molecule is O=C1CCN(c2cccc(C(F)(F)F)c2)C(=O)CN1. The third-order valence-corrected chi connectivity index (χ3v) is 2.79. The molecule has 0 radical (unpaired) electrons.